The van der Waals surface area contributed by atoms with Crippen molar-refractivity contribution in [1.29, 1.82) is 0 Å². The highest BCUT2D eigenvalue weighted by molar-refractivity contribution is 6.35. The fourth-order valence-electron chi connectivity index (χ4n) is 0.703. The summed E-state index contributed by atoms with van der Waals surface area (Å²) in [5.41, 5.74) is 0. The Bertz CT molecular complexity index is 343. The maximum absolute atomic E-state index is 10.9. The lowest BCUT2D eigenvalue weighted by atomic mass is 10.5. The van der Waals surface area contributed by atoms with E-state index in [1.54, 1.807) is 6.92 Å². The molecular formula is C8H7Cl2NO3. The minimum atomic E-state index is -0.843. The average Bonchev–Trinajstić information content (AvgIpc) is 2.10. The fourth-order valence-corrected chi connectivity index (χ4v) is 1.12. The second-order valence-electron chi connectivity index (χ2n) is 2.23. The summed E-state index contributed by atoms with van der Waals surface area (Å²) in [6.07, 6.45) is 0.478. The molecule has 1 heterocycles. The molecule has 4 nitrogen and oxygen atoms in total. The number of pyridine rings is 1. The minimum Gasteiger partial charge on any atom is -0.434 e. The molecule has 0 atom stereocenters. The summed E-state index contributed by atoms with van der Waals surface area (Å²) >= 11 is 11.3. The van der Waals surface area contributed by atoms with Crippen LogP contribution in [-0.2, 0) is 4.74 Å². The van der Waals surface area contributed by atoms with E-state index in [-0.39, 0.29) is 17.5 Å². The molecule has 0 spiro atoms. The lowest BCUT2D eigenvalue weighted by molar-refractivity contribution is 0.103. The standard InChI is InChI=1S/C8H7Cl2NO3/c1-2-13-8(12)14-7-6(10)3-5(9)4-11-7/h3-4H,2H2,1H3. The molecule has 1 rings (SSSR count). The Kier molecular flexibility index (Phi) is 3.98. The van der Waals surface area contributed by atoms with Crippen LogP contribution in [0, 0.1) is 0 Å². The Morgan fingerprint density at radius 2 is 2.29 bits per heavy atom. The number of rotatable bonds is 2. The second-order valence-corrected chi connectivity index (χ2v) is 3.07. The van der Waals surface area contributed by atoms with Gasteiger partial charge in [0.25, 0.3) is 0 Å². The Morgan fingerprint density at radius 3 is 2.86 bits per heavy atom. The van der Waals surface area contributed by atoms with E-state index in [1.165, 1.54) is 12.3 Å². The zero-order valence-electron chi connectivity index (χ0n) is 7.29. The quantitative estimate of drug-likeness (QED) is 0.740. The summed E-state index contributed by atoms with van der Waals surface area (Å²) < 4.78 is 9.22. The maximum Gasteiger partial charge on any atom is 0.515 e. The molecule has 14 heavy (non-hydrogen) atoms. The van der Waals surface area contributed by atoms with Gasteiger partial charge >= 0.3 is 6.16 Å². The average molecular weight is 236 g/mol. The van der Waals surface area contributed by atoms with Gasteiger partial charge in [-0.1, -0.05) is 23.2 Å². The van der Waals surface area contributed by atoms with Gasteiger partial charge in [-0.15, -0.1) is 0 Å². The summed E-state index contributed by atoms with van der Waals surface area (Å²) in [6, 6.07) is 1.42. The molecule has 0 bridgehead atoms. The number of halogens is 2. The molecule has 1 aromatic rings. The Balaban J connectivity index is 2.72. The van der Waals surface area contributed by atoms with E-state index in [9.17, 15) is 4.79 Å². The van der Waals surface area contributed by atoms with Crippen LogP contribution in [0.2, 0.25) is 10.0 Å². The van der Waals surface area contributed by atoms with Crippen LogP contribution < -0.4 is 4.74 Å². The first-order chi connectivity index (χ1) is 6.63. The number of aromatic nitrogens is 1. The Labute approximate surface area is 90.7 Å². The van der Waals surface area contributed by atoms with Gasteiger partial charge in [-0.25, -0.2) is 9.78 Å². The second kappa shape index (κ2) is 5.02. The summed E-state index contributed by atoms with van der Waals surface area (Å²) in [7, 11) is 0. The third kappa shape index (κ3) is 3.05. The van der Waals surface area contributed by atoms with E-state index in [0.29, 0.717) is 5.02 Å². The van der Waals surface area contributed by atoms with Crippen molar-refractivity contribution in [3.8, 4) is 5.88 Å². The summed E-state index contributed by atoms with van der Waals surface area (Å²) in [5.74, 6) is -0.0190. The number of nitrogens with zero attached hydrogens (tertiary/aromatic N) is 1. The first-order valence-corrected chi connectivity index (χ1v) is 4.54. The van der Waals surface area contributed by atoms with Crippen molar-refractivity contribution >= 4 is 29.4 Å². The molecule has 0 aliphatic rings. The van der Waals surface area contributed by atoms with Crippen LogP contribution >= 0.6 is 23.2 Å². The molecule has 76 valence electrons. The van der Waals surface area contributed by atoms with Crippen LogP contribution in [-0.4, -0.2) is 17.7 Å². The zero-order chi connectivity index (χ0) is 10.6. The monoisotopic (exact) mass is 235 g/mol. The maximum atomic E-state index is 10.9. The third-order valence-electron chi connectivity index (χ3n) is 1.22. The molecule has 6 heteroatoms. The minimum absolute atomic E-state index is 0.0190. The SMILES string of the molecule is CCOC(=O)Oc1ncc(Cl)cc1Cl. The number of hydrogen-bond donors (Lipinski definition) is 0. The molecule has 1 aromatic heterocycles. The highest BCUT2D eigenvalue weighted by Gasteiger charge is 2.10. The number of carbonyl (C=O) groups excluding carboxylic acids is 1. The number of hydrogen-bond acceptors (Lipinski definition) is 4. The van der Waals surface area contributed by atoms with E-state index in [1.807, 2.05) is 0 Å². The molecule has 0 unspecified atom stereocenters. The van der Waals surface area contributed by atoms with Crippen LogP contribution in [0.5, 0.6) is 5.88 Å². The lowest BCUT2D eigenvalue weighted by Gasteiger charge is -2.04. The van der Waals surface area contributed by atoms with Gasteiger partial charge < -0.3 is 9.47 Å². The Morgan fingerprint density at radius 1 is 1.57 bits per heavy atom. The summed E-state index contributed by atoms with van der Waals surface area (Å²) in [5, 5.41) is 0.525. The molecule has 0 fully saturated rings. The van der Waals surface area contributed by atoms with Crippen molar-refractivity contribution in [1.82, 2.24) is 4.98 Å². The van der Waals surface area contributed by atoms with E-state index in [4.69, 9.17) is 23.2 Å². The van der Waals surface area contributed by atoms with Gasteiger partial charge in [0.05, 0.1) is 11.6 Å². The molecular weight excluding hydrogens is 229 g/mol. The van der Waals surface area contributed by atoms with Crippen LogP contribution in [0.15, 0.2) is 12.3 Å². The van der Waals surface area contributed by atoms with Crippen molar-refractivity contribution in [3.05, 3.63) is 22.3 Å². The molecule has 0 saturated carbocycles. The van der Waals surface area contributed by atoms with Gasteiger partial charge in [0.1, 0.15) is 5.02 Å². The van der Waals surface area contributed by atoms with Gasteiger partial charge in [-0.05, 0) is 13.0 Å². The number of carbonyl (C=O) groups is 1. The zero-order valence-corrected chi connectivity index (χ0v) is 8.80. The largest absolute Gasteiger partial charge is 0.515 e. The highest BCUT2D eigenvalue weighted by Crippen LogP contribution is 2.24. The smallest absolute Gasteiger partial charge is 0.434 e. The topological polar surface area (TPSA) is 48.4 Å². The van der Waals surface area contributed by atoms with E-state index >= 15 is 0 Å². The predicted octanol–water partition coefficient (Wildman–Crippen LogP) is 2.92. The third-order valence-corrected chi connectivity index (χ3v) is 1.69. The molecule has 0 aliphatic carbocycles. The van der Waals surface area contributed by atoms with Gasteiger partial charge in [-0.3, -0.25) is 0 Å². The number of ether oxygens (including phenoxy) is 2. The van der Waals surface area contributed by atoms with E-state index < -0.39 is 6.16 Å². The van der Waals surface area contributed by atoms with Crippen LogP contribution in [0.25, 0.3) is 0 Å². The summed E-state index contributed by atoms with van der Waals surface area (Å²) in [6.45, 7) is 1.89. The molecule has 0 amide bonds. The van der Waals surface area contributed by atoms with Crippen LogP contribution in [0.4, 0.5) is 4.79 Å². The van der Waals surface area contributed by atoms with Crippen molar-refractivity contribution < 1.29 is 14.3 Å². The molecule has 0 N–H and O–H groups in total. The van der Waals surface area contributed by atoms with E-state index in [2.05, 4.69) is 14.5 Å². The predicted molar refractivity (Wildman–Crippen MR) is 51.9 cm³/mol. The van der Waals surface area contributed by atoms with Gasteiger partial charge in [-0.2, -0.15) is 0 Å². The van der Waals surface area contributed by atoms with Crippen LogP contribution in [0.3, 0.4) is 0 Å². The lowest BCUT2D eigenvalue weighted by Crippen LogP contribution is -2.11. The van der Waals surface area contributed by atoms with Crippen molar-refractivity contribution in [2.75, 3.05) is 6.61 Å². The van der Waals surface area contributed by atoms with Crippen molar-refractivity contribution in [3.63, 3.8) is 0 Å². The fraction of sp³-hybridized carbons (Fsp3) is 0.250. The highest BCUT2D eigenvalue weighted by atomic mass is 35.5. The normalized spacial score (nSPS) is 9.64. The van der Waals surface area contributed by atoms with Gasteiger partial charge in [0.2, 0.25) is 5.88 Å². The Hall–Kier alpha value is -1.000. The summed E-state index contributed by atoms with van der Waals surface area (Å²) in [4.78, 5) is 14.6. The molecule has 0 aromatic carbocycles. The van der Waals surface area contributed by atoms with Gasteiger partial charge in [0, 0.05) is 6.20 Å². The molecule has 0 radical (unpaired) electrons. The van der Waals surface area contributed by atoms with Crippen molar-refractivity contribution in [2.24, 2.45) is 0 Å². The molecule has 0 saturated heterocycles. The van der Waals surface area contributed by atoms with Crippen molar-refractivity contribution in [2.45, 2.75) is 6.92 Å². The first kappa shape index (κ1) is 11.1. The van der Waals surface area contributed by atoms with Gasteiger partial charge in [0.15, 0.2) is 0 Å². The molecule has 0 aliphatic heterocycles. The van der Waals surface area contributed by atoms with E-state index in [0.717, 1.165) is 0 Å². The first-order valence-electron chi connectivity index (χ1n) is 3.79. The van der Waals surface area contributed by atoms with Crippen LogP contribution in [0.1, 0.15) is 6.92 Å².